The summed E-state index contributed by atoms with van der Waals surface area (Å²) >= 11 is 0. The predicted octanol–water partition coefficient (Wildman–Crippen LogP) is 1.86. The maximum absolute atomic E-state index is 9.19. The second-order valence-electron chi connectivity index (χ2n) is 4.37. The van der Waals surface area contributed by atoms with Crippen molar-refractivity contribution in [1.82, 2.24) is 4.90 Å². The standard InChI is InChI=1S/C12H16N4/c1-5-16-11(8-14)10(7-13)15-9(2)6-12(16,3)4/h6,11H,5H2,1-4H3. The Morgan fingerprint density at radius 1 is 1.50 bits per heavy atom. The topological polar surface area (TPSA) is 63.2 Å². The molecule has 1 atom stereocenters. The monoisotopic (exact) mass is 216 g/mol. The van der Waals surface area contributed by atoms with Gasteiger partial charge in [-0.3, -0.25) is 4.90 Å². The zero-order chi connectivity index (χ0) is 12.3. The van der Waals surface area contributed by atoms with E-state index in [1.165, 1.54) is 0 Å². The summed E-state index contributed by atoms with van der Waals surface area (Å²) in [4.78, 5) is 6.17. The average Bonchev–Trinajstić information content (AvgIpc) is 2.30. The molecule has 1 heterocycles. The van der Waals surface area contributed by atoms with Crippen molar-refractivity contribution >= 4 is 5.71 Å². The molecule has 0 spiro atoms. The van der Waals surface area contributed by atoms with Crippen LogP contribution in [0.4, 0.5) is 0 Å². The fourth-order valence-electron chi connectivity index (χ4n) is 2.16. The minimum atomic E-state index is -0.557. The lowest BCUT2D eigenvalue weighted by Crippen LogP contribution is -2.50. The second-order valence-corrected chi connectivity index (χ2v) is 4.37. The second kappa shape index (κ2) is 4.47. The lowest BCUT2D eigenvalue weighted by molar-refractivity contribution is 0.170. The van der Waals surface area contributed by atoms with Gasteiger partial charge in [0, 0.05) is 11.2 Å². The van der Waals surface area contributed by atoms with Crippen molar-refractivity contribution in [2.75, 3.05) is 6.54 Å². The molecule has 1 unspecified atom stereocenters. The predicted molar refractivity (Wildman–Crippen MR) is 62.7 cm³/mol. The van der Waals surface area contributed by atoms with E-state index in [-0.39, 0.29) is 11.3 Å². The molecule has 4 heteroatoms. The van der Waals surface area contributed by atoms with Crippen LogP contribution in [0.2, 0.25) is 0 Å². The lowest BCUT2D eigenvalue weighted by atomic mass is 9.98. The van der Waals surface area contributed by atoms with E-state index in [1.54, 1.807) is 0 Å². The highest BCUT2D eigenvalue weighted by Crippen LogP contribution is 2.25. The van der Waals surface area contributed by atoms with E-state index in [1.807, 2.05) is 44.7 Å². The van der Waals surface area contributed by atoms with Gasteiger partial charge in [-0.1, -0.05) is 6.92 Å². The van der Waals surface area contributed by atoms with Crippen molar-refractivity contribution in [2.45, 2.75) is 39.3 Å². The molecule has 1 aliphatic rings. The third-order valence-corrected chi connectivity index (χ3v) is 2.75. The number of hydrogen-bond acceptors (Lipinski definition) is 4. The van der Waals surface area contributed by atoms with Crippen LogP contribution in [0.25, 0.3) is 0 Å². The quantitative estimate of drug-likeness (QED) is 0.672. The van der Waals surface area contributed by atoms with E-state index in [0.717, 1.165) is 5.70 Å². The van der Waals surface area contributed by atoms with Gasteiger partial charge in [0.25, 0.3) is 0 Å². The van der Waals surface area contributed by atoms with Gasteiger partial charge in [-0.05, 0) is 33.4 Å². The van der Waals surface area contributed by atoms with Crippen LogP contribution in [0.5, 0.6) is 0 Å². The molecule has 0 amide bonds. The Hall–Kier alpha value is -1.65. The van der Waals surface area contributed by atoms with Crippen LogP contribution in [-0.4, -0.2) is 28.7 Å². The summed E-state index contributed by atoms with van der Waals surface area (Å²) < 4.78 is 0. The maximum Gasteiger partial charge on any atom is 0.151 e. The number of nitrogens with zero attached hydrogens (tertiary/aromatic N) is 4. The summed E-state index contributed by atoms with van der Waals surface area (Å²) in [5.41, 5.74) is 0.808. The third kappa shape index (κ3) is 2.13. The van der Waals surface area contributed by atoms with Crippen molar-refractivity contribution in [3.05, 3.63) is 11.8 Å². The molecule has 0 bridgehead atoms. The molecule has 0 aromatic carbocycles. The Bertz CT molecular complexity index is 417. The van der Waals surface area contributed by atoms with E-state index in [0.29, 0.717) is 6.54 Å². The van der Waals surface area contributed by atoms with E-state index in [9.17, 15) is 5.26 Å². The number of hydrogen-bond donors (Lipinski definition) is 0. The van der Waals surface area contributed by atoms with Crippen molar-refractivity contribution in [3.63, 3.8) is 0 Å². The van der Waals surface area contributed by atoms with Gasteiger partial charge in [0.2, 0.25) is 0 Å². The first-order valence-electron chi connectivity index (χ1n) is 5.30. The van der Waals surface area contributed by atoms with Gasteiger partial charge in [-0.2, -0.15) is 10.5 Å². The van der Waals surface area contributed by atoms with E-state index in [4.69, 9.17) is 5.26 Å². The summed E-state index contributed by atoms with van der Waals surface area (Å²) in [6, 6.07) is 3.63. The molecule has 0 aromatic heterocycles. The third-order valence-electron chi connectivity index (χ3n) is 2.75. The minimum Gasteiger partial charge on any atom is -0.274 e. The summed E-state index contributed by atoms with van der Waals surface area (Å²) in [6.45, 7) is 8.60. The first-order chi connectivity index (χ1) is 7.46. The highest BCUT2D eigenvalue weighted by atomic mass is 15.2. The maximum atomic E-state index is 9.19. The summed E-state index contributed by atoms with van der Waals surface area (Å²) in [5.74, 6) is 0. The molecule has 4 nitrogen and oxygen atoms in total. The number of nitriles is 2. The van der Waals surface area contributed by atoms with E-state index >= 15 is 0 Å². The highest BCUT2D eigenvalue weighted by Gasteiger charge is 2.35. The molecule has 0 saturated heterocycles. The van der Waals surface area contributed by atoms with E-state index < -0.39 is 6.04 Å². The molecule has 16 heavy (non-hydrogen) atoms. The lowest BCUT2D eigenvalue weighted by Gasteiger charge is -2.36. The molecular weight excluding hydrogens is 200 g/mol. The van der Waals surface area contributed by atoms with Crippen LogP contribution >= 0.6 is 0 Å². The number of rotatable bonds is 1. The Morgan fingerprint density at radius 2 is 2.12 bits per heavy atom. The van der Waals surface area contributed by atoms with Crippen LogP contribution in [0, 0.1) is 22.7 Å². The van der Waals surface area contributed by atoms with Gasteiger partial charge in [0.1, 0.15) is 11.8 Å². The number of aliphatic imine (C=N–C) groups is 1. The van der Waals surface area contributed by atoms with Crippen molar-refractivity contribution in [3.8, 4) is 12.1 Å². The van der Waals surface area contributed by atoms with Crippen LogP contribution in [0.1, 0.15) is 27.7 Å². The van der Waals surface area contributed by atoms with Crippen LogP contribution in [-0.2, 0) is 0 Å². The van der Waals surface area contributed by atoms with Gasteiger partial charge in [0.05, 0.1) is 6.07 Å². The fraction of sp³-hybridized carbons (Fsp3) is 0.583. The number of likely N-dealkylation sites (N-methyl/N-ethyl adjacent to an activating group) is 1. The van der Waals surface area contributed by atoms with Crippen LogP contribution < -0.4 is 0 Å². The smallest absolute Gasteiger partial charge is 0.151 e. The van der Waals surface area contributed by atoms with Gasteiger partial charge < -0.3 is 0 Å². The van der Waals surface area contributed by atoms with Gasteiger partial charge in [0.15, 0.2) is 6.04 Å². The van der Waals surface area contributed by atoms with Crippen LogP contribution in [0.3, 0.4) is 0 Å². The van der Waals surface area contributed by atoms with E-state index in [2.05, 4.69) is 11.1 Å². The largest absolute Gasteiger partial charge is 0.274 e. The van der Waals surface area contributed by atoms with Crippen LogP contribution in [0.15, 0.2) is 16.8 Å². The molecular formula is C12H16N4. The molecule has 0 N–H and O–H groups in total. The molecule has 0 radical (unpaired) electrons. The zero-order valence-electron chi connectivity index (χ0n) is 10.2. The molecule has 0 saturated carbocycles. The summed E-state index contributed by atoms with van der Waals surface area (Å²) in [7, 11) is 0. The minimum absolute atomic E-state index is 0.263. The first kappa shape index (κ1) is 12.4. The van der Waals surface area contributed by atoms with Crippen molar-refractivity contribution in [1.29, 1.82) is 10.5 Å². The molecule has 0 fully saturated rings. The Kier molecular flexibility index (Phi) is 3.47. The highest BCUT2D eigenvalue weighted by molar-refractivity contribution is 6.05. The molecule has 1 rings (SSSR count). The molecule has 84 valence electrons. The Balaban J connectivity index is 3.32. The average molecular weight is 216 g/mol. The summed E-state index contributed by atoms with van der Waals surface area (Å²) in [6.07, 6.45) is 1.99. The Morgan fingerprint density at radius 3 is 2.56 bits per heavy atom. The molecule has 1 aliphatic heterocycles. The zero-order valence-corrected chi connectivity index (χ0v) is 10.2. The van der Waals surface area contributed by atoms with Gasteiger partial charge in [-0.25, -0.2) is 4.99 Å². The summed E-state index contributed by atoms with van der Waals surface area (Å²) in [5, 5.41) is 18.2. The van der Waals surface area contributed by atoms with Crippen molar-refractivity contribution in [2.24, 2.45) is 4.99 Å². The molecule has 0 aliphatic carbocycles. The van der Waals surface area contributed by atoms with Gasteiger partial charge in [-0.15, -0.1) is 0 Å². The van der Waals surface area contributed by atoms with Gasteiger partial charge >= 0.3 is 0 Å². The Labute approximate surface area is 96.5 Å². The SMILES string of the molecule is CCN1C(C#N)C(C#N)=NC(C)=CC1(C)C. The number of allylic oxidation sites excluding steroid dienone is 1. The molecule has 0 aromatic rings. The first-order valence-corrected chi connectivity index (χ1v) is 5.30. The normalized spacial score (nSPS) is 24.8. The fourth-order valence-corrected chi connectivity index (χ4v) is 2.16. The van der Waals surface area contributed by atoms with Crippen molar-refractivity contribution < 1.29 is 0 Å².